The monoisotopic (exact) mass is 703 g/mol. The van der Waals surface area contributed by atoms with Crippen molar-refractivity contribution in [3.05, 3.63) is 35.9 Å². The van der Waals surface area contributed by atoms with Crippen LogP contribution in [0.2, 0.25) is 0 Å². The molecule has 11 heteroatoms. The summed E-state index contributed by atoms with van der Waals surface area (Å²) in [6, 6.07) is 8.74. The van der Waals surface area contributed by atoms with Crippen molar-refractivity contribution in [1.82, 2.24) is 5.32 Å². The first-order chi connectivity index (χ1) is 23.8. The summed E-state index contributed by atoms with van der Waals surface area (Å²) in [6.07, 6.45) is -1.94. The second-order valence-corrected chi connectivity index (χ2v) is 12.3. The molecule has 0 bridgehead atoms. The van der Waals surface area contributed by atoms with Crippen LogP contribution in [0.25, 0.3) is 0 Å². The molecule has 1 saturated carbocycles. The van der Waals surface area contributed by atoms with Gasteiger partial charge in [-0.15, -0.1) is 0 Å². The molecule has 0 amide bonds. The normalized spacial score (nSPS) is 16.9. The van der Waals surface area contributed by atoms with Crippen molar-refractivity contribution in [1.29, 1.82) is 0 Å². The van der Waals surface area contributed by atoms with Crippen LogP contribution in [0.5, 0.6) is 0 Å². The molecule has 0 aliphatic heterocycles. The highest BCUT2D eigenvalue weighted by Gasteiger charge is 2.47. The van der Waals surface area contributed by atoms with E-state index >= 15 is 0 Å². The van der Waals surface area contributed by atoms with Gasteiger partial charge in [0.25, 0.3) is 0 Å². The van der Waals surface area contributed by atoms with E-state index in [1.54, 1.807) is 6.92 Å². The second-order valence-electron chi connectivity index (χ2n) is 8.96. The number of methoxy groups -OCH3 is 1. The van der Waals surface area contributed by atoms with Crippen LogP contribution in [0.1, 0.15) is 18.9 Å². The highest BCUT2D eigenvalue weighted by molar-refractivity contribution is 8.07. The maximum absolute atomic E-state index is 12.3. The van der Waals surface area contributed by atoms with Crippen molar-refractivity contribution >= 4 is 41.9 Å². The fourth-order valence-electron chi connectivity index (χ4n) is 3.83. The van der Waals surface area contributed by atoms with Crippen molar-refractivity contribution in [3.8, 4) is 118 Å². The number of ether oxygens (including phenoxy) is 3. The molecule has 1 aliphatic carbocycles. The third-order valence-electron chi connectivity index (χ3n) is 5.79. The molecule has 2 unspecified atom stereocenters. The molecule has 1 fully saturated rings. The number of hydrogen-bond donors (Lipinski definition) is 2. The minimum atomic E-state index is -3.60. The number of hydrogen-bond acceptors (Lipinski definition) is 8. The van der Waals surface area contributed by atoms with Gasteiger partial charge >= 0.3 is 12.9 Å². The molecular weight excluding hydrogens is 678 g/mol. The summed E-state index contributed by atoms with van der Waals surface area (Å²) in [5.74, 6) is 50.4. The third-order valence-corrected chi connectivity index (χ3v) is 7.69. The first-order valence-corrected chi connectivity index (χ1v) is 17.0. The molecule has 2 rings (SSSR count). The van der Waals surface area contributed by atoms with E-state index in [0.717, 1.165) is 5.56 Å². The lowest BCUT2D eigenvalue weighted by Gasteiger charge is -2.28. The highest BCUT2D eigenvalue weighted by Crippen LogP contribution is 2.48. The molecule has 0 aromatic heterocycles. The zero-order chi connectivity index (χ0) is 35.6. The minimum Gasteiger partial charge on any atom is -0.434 e. The number of carbonyl (C=O) groups is 1. The lowest BCUT2D eigenvalue weighted by atomic mass is 10.1. The van der Waals surface area contributed by atoms with E-state index in [-0.39, 0.29) is 18.2 Å². The Hall–Kier alpha value is -5.53. The largest absolute Gasteiger partial charge is 0.508 e. The van der Waals surface area contributed by atoms with Gasteiger partial charge < -0.3 is 33.5 Å². The zero-order valence-corrected chi connectivity index (χ0v) is 29.0. The number of rotatable bonds is 9. The maximum atomic E-state index is 12.3. The fraction of sp³-hybridized carbons (Fsp3) is 0.263. The molecule has 0 radical (unpaired) electrons. The van der Waals surface area contributed by atoms with Gasteiger partial charge in [-0.1, -0.05) is 48.5 Å². The van der Waals surface area contributed by atoms with E-state index in [9.17, 15) is 9.69 Å². The molecule has 0 spiro atoms. The van der Waals surface area contributed by atoms with Gasteiger partial charge in [-0.2, -0.15) is 0 Å². The third kappa shape index (κ3) is 17.3. The molecule has 0 saturated heterocycles. The van der Waals surface area contributed by atoms with Crippen LogP contribution < -0.4 is 5.32 Å². The predicted molar refractivity (Wildman–Crippen MR) is 193 cm³/mol. The van der Waals surface area contributed by atoms with Gasteiger partial charge in [0.2, 0.25) is 0 Å². The lowest BCUT2D eigenvalue weighted by molar-refractivity contribution is -0.0250. The van der Waals surface area contributed by atoms with Gasteiger partial charge in [-0.25, -0.2) is 4.79 Å². The molecule has 242 valence electrons. The van der Waals surface area contributed by atoms with Crippen LogP contribution in [0, 0.1) is 124 Å². The number of nitrogens with one attached hydrogen (secondary N) is 1. The molecule has 5 atom stereocenters. The van der Waals surface area contributed by atoms with E-state index in [0.29, 0.717) is 6.42 Å². The summed E-state index contributed by atoms with van der Waals surface area (Å²) in [6.45, 7) is -1.96. The first kappa shape index (κ1) is 39.6. The SMILES string of the molecule is CC#CC#CC#CC#CC#CC#CC#CC#CC#CC#CC(=S)N[C@@H]1C[C@H](COC(=O)OCc2ccccc2)C(OP(O)(=S)OC)[C@@H]1OC. The van der Waals surface area contributed by atoms with E-state index in [1.807, 2.05) is 30.3 Å². The first-order valence-electron chi connectivity index (χ1n) is 14.0. The predicted octanol–water partition coefficient (Wildman–Crippen LogP) is 2.96. The van der Waals surface area contributed by atoms with Crippen molar-refractivity contribution in [2.45, 2.75) is 38.2 Å². The van der Waals surface area contributed by atoms with E-state index in [2.05, 4.69) is 124 Å². The molecule has 1 aromatic carbocycles. The average Bonchev–Trinajstić information content (AvgIpc) is 3.41. The Balaban J connectivity index is 1.93. The van der Waals surface area contributed by atoms with Crippen LogP contribution in [0.3, 0.4) is 0 Å². The van der Waals surface area contributed by atoms with Gasteiger partial charge in [-0.3, -0.25) is 0 Å². The summed E-state index contributed by atoms with van der Waals surface area (Å²) >= 11 is 10.4. The Kier molecular flexibility index (Phi) is 19.2. The average molecular weight is 704 g/mol. The molecule has 1 aliphatic rings. The fourth-order valence-corrected chi connectivity index (χ4v) is 5.01. The molecule has 0 heterocycles. The summed E-state index contributed by atoms with van der Waals surface area (Å²) in [4.78, 5) is 22.8. The van der Waals surface area contributed by atoms with Crippen LogP contribution in [-0.2, 0) is 41.7 Å². The Bertz CT molecular complexity index is 2070. The van der Waals surface area contributed by atoms with Gasteiger partial charge in [0.15, 0.2) is 4.99 Å². The van der Waals surface area contributed by atoms with Crippen LogP contribution in [0.15, 0.2) is 30.3 Å². The molecular formula is C38H26NO7PS2. The Labute approximate surface area is 298 Å². The van der Waals surface area contributed by atoms with E-state index in [1.165, 1.54) is 14.2 Å². The summed E-state index contributed by atoms with van der Waals surface area (Å²) in [7, 11) is 2.71. The Morgan fingerprint density at radius 2 is 1.33 bits per heavy atom. The molecule has 2 N–H and O–H groups in total. The van der Waals surface area contributed by atoms with Crippen molar-refractivity contribution in [2.24, 2.45) is 5.92 Å². The Morgan fingerprint density at radius 3 is 1.82 bits per heavy atom. The molecule has 49 heavy (non-hydrogen) atoms. The maximum Gasteiger partial charge on any atom is 0.508 e. The summed E-state index contributed by atoms with van der Waals surface area (Å²) < 4.78 is 26.9. The number of thiocarbonyl (C=S) groups is 1. The summed E-state index contributed by atoms with van der Waals surface area (Å²) in [5, 5.41) is 3.10. The summed E-state index contributed by atoms with van der Waals surface area (Å²) in [5.41, 5.74) is 0.810. The van der Waals surface area contributed by atoms with Gasteiger partial charge in [0, 0.05) is 32.0 Å². The number of benzene rings is 1. The minimum absolute atomic E-state index is 0.0527. The standard InChI is InChI=1S/C38H26NO7PS2/c1-4-5-6-7-8-9-10-11-12-13-14-15-16-17-18-19-20-21-25-28-35(48)39-34-29-33(36(37(34)42-2)46-47(41,49)43-3)31-45-38(40)44-30-32-26-23-22-24-27-32/h22-24,26-27,33-34,36-37H,29-31H2,1-3H3,(H,39,48)(H,41,49)/t33-,34-,36?,37-,47?/m1/s1. The number of carbonyl (C=O) groups excluding carboxylic acids is 1. The zero-order valence-electron chi connectivity index (χ0n) is 26.5. The lowest BCUT2D eigenvalue weighted by Crippen LogP contribution is -2.44. The highest BCUT2D eigenvalue weighted by atomic mass is 32.5. The smallest absolute Gasteiger partial charge is 0.434 e. The van der Waals surface area contributed by atoms with Crippen molar-refractivity contribution < 1.29 is 32.9 Å². The quantitative estimate of drug-likeness (QED) is 0.173. The van der Waals surface area contributed by atoms with Gasteiger partial charge in [0.05, 0.1) is 6.04 Å². The van der Waals surface area contributed by atoms with Gasteiger partial charge in [-0.05, 0) is 131 Å². The van der Waals surface area contributed by atoms with Crippen LogP contribution >= 0.6 is 18.9 Å². The second kappa shape index (κ2) is 23.7. The van der Waals surface area contributed by atoms with Gasteiger partial charge in [0.1, 0.15) is 25.4 Å². The van der Waals surface area contributed by atoms with Crippen LogP contribution in [0.4, 0.5) is 4.79 Å². The topological polar surface area (TPSA) is 95.5 Å². The van der Waals surface area contributed by atoms with E-state index in [4.69, 9.17) is 47.3 Å². The Morgan fingerprint density at radius 1 is 0.816 bits per heavy atom. The van der Waals surface area contributed by atoms with Crippen molar-refractivity contribution in [2.75, 3.05) is 20.8 Å². The molecule has 8 nitrogen and oxygen atoms in total. The van der Waals surface area contributed by atoms with Crippen molar-refractivity contribution in [3.63, 3.8) is 0 Å². The molecule has 1 aromatic rings. The van der Waals surface area contributed by atoms with Crippen LogP contribution in [-0.4, -0.2) is 55.1 Å². The van der Waals surface area contributed by atoms with E-state index < -0.39 is 37.0 Å².